The van der Waals surface area contributed by atoms with E-state index < -0.39 is 0 Å². The average Bonchev–Trinajstić information content (AvgIpc) is 3.33. The van der Waals surface area contributed by atoms with Crippen LogP contribution < -0.4 is 15.1 Å². The van der Waals surface area contributed by atoms with E-state index in [2.05, 4.69) is 36.1 Å². The SMILES string of the molecule is c1ccc(NCC2CCN(c3cc(N4CCCC4)ncn3)C2)nc1. The van der Waals surface area contributed by atoms with Crippen molar-refractivity contribution in [3.8, 4) is 0 Å². The first kappa shape index (κ1) is 15.2. The first-order valence-corrected chi connectivity index (χ1v) is 8.85. The van der Waals surface area contributed by atoms with Gasteiger partial charge >= 0.3 is 0 Å². The summed E-state index contributed by atoms with van der Waals surface area (Å²) in [5.41, 5.74) is 0. The molecular weight excluding hydrogens is 300 g/mol. The molecule has 0 radical (unpaired) electrons. The van der Waals surface area contributed by atoms with Crippen LogP contribution in [0.2, 0.25) is 0 Å². The monoisotopic (exact) mass is 324 g/mol. The number of nitrogens with zero attached hydrogens (tertiary/aromatic N) is 5. The zero-order valence-corrected chi connectivity index (χ0v) is 13.9. The molecule has 6 nitrogen and oxygen atoms in total. The average molecular weight is 324 g/mol. The summed E-state index contributed by atoms with van der Waals surface area (Å²) in [6, 6.07) is 8.12. The maximum Gasteiger partial charge on any atom is 0.134 e. The number of hydrogen-bond acceptors (Lipinski definition) is 6. The summed E-state index contributed by atoms with van der Waals surface area (Å²) in [5, 5.41) is 3.44. The topological polar surface area (TPSA) is 57.2 Å². The lowest BCUT2D eigenvalue weighted by Gasteiger charge is -2.21. The summed E-state index contributed by atoms with van der Waals surface area (Å²) in [6.45, 7) is 5.29. The third kappa shape index (κ3) is 3.42. The van der Waals surface area contributed by atoms with E-state index in [9.17, 15) is 0 Å². The second-order valence-corrected chi connectivity index (χ2v) is 6.63. The molecule has 6 heteroatoms. The highest BCUT2D eigenvalue weighted by Crippen LogP contribution is 2.26. The highest BCUT2D eigenvalue weighted by molar-refractivity contribution is 5.51. The zero-order chi connectivity index (χ0) is 16.2. The standard InChI is InChI=1S/C18H24N6/c1-2-7-19-16(5-1)20-12-15-6-10-24(13-15)18-11-17(21-14-22-18)23-8-3-4-9-23/h1-2,5,7,11,14-15H,3-4,6,8-10,12-13H2,(H,19,20). The Bertz CT molecular complexity index is 656. The highest BCUT2D eigenvalue weighted by Gasteiger charge is 2.24. The Balaban J connectivity index is 1.35. The quantitative estimate of drug-likeness (QED) is 0.911. The minimum absolute atomic E-state index is 0.622. The van der Waals surface area contributed by atoms with Crippen molar-refractivity contribution >= 4 is 17.5 Å². The summed E-state index contributed by atoms with van der Waals surface area (Å²) in [7, 11) is 0. The van der Waals surface area contributed by atoms with Crippen molar-refractivity contribution in [1.29, 1.82) is 0 Å². The van der Waals surface area contributed by atoms with Gasteiger partial charge in [-0.2, -0.15) is 0 Å². The van der Waals surface area contributed by atoms with E-state index in [0.717, 1.165) is 50.2 Å². The lowest BCUT2D eigenvalue weighted by atomic mass is 10.1. The molecule has 2 aliphatic rings. The van der Waals surface area contributed by atoms with Crippen LogP contribution in [0.25, 0.3) is 0 Å². The second kappa shape index (κ2) is 7.03. The van der Waals surface area contributed by atoms with Gasteiger partial charge in [-0.05, 0) is 37.3 Å². The van der Waals surface area contributed by atoms with Gasteiger partial charge in [0.05, 0.1) is 0 Å². The van der Waals surface area contributed by atoms with Crippen molar-refractivity contribution in [2.45, 2.75) is 19.3 Å². The van der Waals surface area contributed by atoms with Crippen LogP contribution in [-0.2, 0) is 0 Å². The fourth-order valence-electron chi connectivity index (χ4n) is 3.55. The lowest BCUT2D eigenvalue weighted by molar-refractivity contribution is 0.621. The van der Waals surface area contributed by atoms with Gasteiger partial charge < -0.3 is 15.1 Å². The molecule has 0 saturated carbocycles. The molecule has 0 bridgehead atoms. The minimum atomic E-state index is 0.622. The summed E-state index contributed by atoms with van der Waals surface area (Å²) in [6.07, 6.45) is 7.25. The van der Waals surface area contributed by atoms with Crippen molar-refractivity contribution in [3.05, 3.63) is 36.8 Å². The molecule has 2 aromatic rings. The summed E-state index contributed by atoms with van der Waals surface area (Å²) in [5.74, 6) is 3.71. The smallest absolute Gasteiger partial charge is 0.134 e. The molecule has 2 saturated heterocycles. The summed E-state index contributed by atoms with van der Waals surface area (Å²) < 4.78 is 0. The van der Waals surface area contributed by atoms with Crippen LogP contribution in [0.3, 0.4) is 0 Å². The molecule has 0 aliphatic carbocycles. The van der Waals surface area contributed by atoms with Crippen LogP contribution in [0.15, 0.2) is 36.8 Å². The molecule has 126 valence electrons. The Morgan fingerprint density at radius 1 is 1.00 bits per heavy atom. The van der Waals surface area contributed by atoms with Crippen LogP contribution >= 0.6 is 0 Å². The molecule has 4 heterocycles. The molecule has 2 aliphatic heterocycles. The van der Waals surface area contributed by atoms with E-state index in [1.54, 1.807) is 6.33 Å². The Hall–Kier alpha value is -2.37. The van der Waals surface area contributed by atoms with E-state index in [4.69, 9.17) is 0 Å². The fraction of sp³-hybridized carbons (Fsp3) is 0.500. The van der Waals surface area contributed by atoms with Gasteiger partial charge in [-0.1, -0.05) is 6.07 Å². The van der Waals surface area contributed by atoms with E-state index in [1.807, 2.05) is 24.4 Å². The molecule has 2 fully saturated rings. The van der Waals surface area contributed by atoms with Crippen LogP contribution in [0, 0.1) is 5.92 Å². The summed E-state index contributed by atoms with van der Waals surface area (Å²) in [4.78, 5) is 18.0. The van der Waals surface area contributed by atoms with E-state index >= 15 is 0 Å². The zero-order valence-electron chi connectivity index (χ0n) is 13.9. The van der Waals surface area contributed by atoms with Crippen LogP contribution in [0.1, 0.15) is 19.3 Å². The molecular formula is C18H24N6. The van der Waals surface area contributed by atoms with Gasteiger partial charge in [0, 0.05) is 45.0 Å². The molecule has 2 aromatic heterocycles. The Kier molecular flexibility index (Phi) is 4.44. The van der Waals surface area contributed by atoms with Gasteiger partial charge in [0.2, 0.25) is 0 Å². The van der Waals surface area contributed by atoms with E-state index in [-0.39, 0.29) is 0 Å². The highest BCUT2D eigenvalue weighted by atomic mass is 15.2. The van der Waals surface area contributed by atoms with Crippen LogP contribution in [-0.4, -0.2) is 47.7 Å². The maximum atomic E-state index is 4.50. The molecule has 1 atom stereocenters. The number of nitrogens with one attached hydrogen (secondary N) is 1. The van der Waals surface area contributed by atoms with Crippen LogP contribution in [0.5, 0.6) is 0 Å². The minimum Gasteiger partial charge on any atom is -0.370 e. The van der Waals surface area contributed by atoms with Crippen molar-refractivity contribution in [3.63, 3.8) is 0 Å². The van der Waals surface area contributed by atoms with Gasteiger partial charge in [0.25, 0.3) is 0 Å². The Morgan fingerprint density at radius 3 is 2.62 bits per heavy atom. The van der Waals surface area contributed by atoms with Crippen molar-refractivity contribution in [2.75, 3.05) is 47.8 Å². The van der Waals surface area contributed by atoms with E-state index in [0.29, 0.717) is 5.92 Å². The normalized spacial score (nSPS) is 20.6. The van der Waals surface area contributed by atoms with Gasteiger partial charge in [-0.25, -0.2) is 15.0 Å². The van der Waals surface area contributed by atoms with Crippen molar-refractivity contribution in [2.24, 2.45) is 5.92 Å². The lowest BCUT2D eigenvalue weighted by Crippen LogP contribution is -2.25. The number of aromatic nitrogens is 3. The summed E-state index contributed by atoms with van der Waals surface area (Å²) >= 11 is 0. The number of pyridine rings is 1. The number of anilines is 3. The van der Waals surface area contributed by atoms with Gasteiger partial charge in [-0.15, -0.1) is 0 Å². The first-order chi connectivity index (χ1) is 11.9. The number of rotatable bonds is 5. The van der Waals surface area contributed by atoms with Gasteiger partial charge in [0.1, 0.15) is 23.8 Å². The molecule has 0 aromatic carbocycles. The Labute approximate surface area is 142 Å². The third-order valence-electron chi connectivity index (χ3n) is 4.91. The predicted molar refractivity (Wildman–Crippen MR) is 96.5 cm³/mol. The number of hydrogen-bond donors (Lipinski definition) is 1. The van der Waals surface area contributed by atoms with Gasteiger partial charge in [-0.3, -0.25) is 0 Å². The molecule has 24 heavy (non-hydrogen) atoms. The largest absolute Gasteiger partial charge is 0.370 e. The van der Waals surface area contributed by atoms with Crippen LogP contribution in [0.4, 0.5) is 17.5 Å². The molecule has 0 amide bonds. The maximum absolute atomic E-state index is 4.50. The molecule has 1 N–H and O–H groups in total. The molecule has 1 unspecified atom stereocenters. The second-order valence-electron chi connectivity index (χ2n) is 6.63. The van der Waals surface area contributed by atoms with E-state index in [1.165, 1.54) is 19.3 Å². The predicted octanol–water partition coefficient (Wildman–Crippen LogP) is 2.41. The third-order valence-corrected chi connectivity index (χ3v) is 4.91. The first-order valence-electron chi connectivity index (χ1n) is 8.85. The van der Waals surface area contributed by atoms with Crippen molar-refractivity contribution < 1.29 is 0 Å². The Morgan fingerprint density at radius 2 is 1.83 bits per heavy atom. The molecule has 4 rings (SSSR count). The fourth-order valence-corrected chi connectivity index (χ4v) is 3.55. The molecule has 0 spiro atoms. The van der Waals surface area contributed by atoms with Gasteiger partial charge in [0.15, 0.2) is 0 Å². The van der Waals surface area contributed by atoms with Crippen molar-refractivity contribution in [1.82, 2.24) is 15.0 Å².